The number of benzene rings is 1. The van der Waals surface area contributed by atoms with E-state index < -0.39 is 0 Å². The van der Waals surface area contributed by atoms with Gasteiger partial charge in [0.25, 0.3) is 5.52 Å². The number of hydrogen-bond donors (Lipinski definition) is 0. The van der Waals surface area contributed by atoms with E-state index in [9.17, 15) is 5.21 Å². The summed E-state index contributed by atoms with van der Waals surface area (Å²) < 4.78 is 11.0. The minimum absolute atomic E-state index is 0.432. The lowest BCUT2D eigenvalue weighted by molar-refractivity contribution is -0.644. The van der Waals surface area contributed by atoms with Gasteiger partial charge in [-0.15, -0.1) is 0 Å². The molecule has 2 aromatic rings. The van der Waals surface area contributed by atoms with Crippen LogP contribution in [0.25, 0.3) is 11.0 Å². The number of aromatic nitrogens is 3. The number of fused-ring (bicyclic) bond motifs is 1. The van der Waals surface area contributed by atoms with Crippen molar-refractivity contribution in [3.63, 3.8) is 0 Å². The van der Waals surface area contributed by atoms with Crippen molar-refractivity contribution in [2.75, 3.05) is 39.5 Å². The van der Waals surface area contributed by atoms with Crippen LogP contribution in [-0.4, -0.2) is 54.4 Å². The molecule has 0 unspecified atom stereocenters. The summed E-state index contributed by atoms with van der Waals surface area (Å²) in [7, 11) is 0. The van der Waals surface area contributed by atoms with Crippen LogP contribution in [0.3, 0.4) is 0 Å². The molecule has 0 aliphatic carbocycles. The number of rotatable bonds is 5. The van der Waals surface area contributed by atoms with Crippen LogP contribution in [0.4, 0.5) is 0 Å². The Bertz CT molecular complexity index is 644. The second-order valence-corrected chi connectivity index (χ2v) is 5.21. The molecule has 1 saturated heterocycles. The molecule has 0 radical (unpaired) electrons. The van der Waals surface area contributed by atoms with E-state index in [1.54, 1.807) is 12.1 Å². The minimum atomic E-state index is 0.432. The van der Waals surface area contributed by atoms with Crippen molar-refractivity contribution in [2.45, 2.75) is 13.3 Å². The summed E-state index contributed by atoms with van der Waals surface area (Å²) in [4.78, 5) is 7.26. The largest absolute Gasteiger partial charge is 0.594 e. The van der Waals surface area contributed by atoms with Gasteiger partial charge in [0.15, 0.2) is 5.82 Å². The average Bonchev–Trinajstić information content (AvgIpc) is 2.56. The van der Waals surface area contributed by atoms with Gasteiger partial charge in [0.1, 0.15) is 17.9 Å². The highest BCUT2D eigenvalue weighted by molar-refractivity contribution is 5.72. The predicted octanol–water partition coefficient (Wildman–Crippen LogP) is 0.537. The summed E-state index contributed by atoms with van der Waals surface area (Å²) in [5, 5.41) is 15.8. The Morgan fingerprint density at radius 2 is 2.18 bits per heavy atom. The average molecular weight is 304 g/mol. The third kappa shape index (κ3) is 3.42. The molecule has 0 N–H and O–H groups in total. The minimum Gasteiger partial charge on any atom is -0.594 e. The monoisotopic (exact) mass is 304 g/mol. The molecule has 1 aromatic carbocycles. The molecule has 1 aliphatic rings. The molecular weight excluding hydrogens is 284 g/mol. The first kappa shape index (κ1) is 14.9. The topological polar surface area (TPSA) is 74.4 Å². The van der Waals surface area contributed by atoms with Crippen LogP contribution in [0.15, 0.2) is 18.2 Å². The fraction of sp³-hybridized carbons (Fsp3) is 0.533. The smallest absolute Gasteiger partial charge is 0.274 e. The predicted molar refractivity (Wildman–Crippen MR) is 80.6 cm³/mol. The van der Waals surface area contributed by atoms with Crippen molar-refractivity contribution in [1.29, 1.82) is 0 Å². The third-order valence-corrected chi connectivity index (χ3v) is 3.70. The Morgan fingerprint density at radius 3 is 2.95 bits per heavy atom. The normalized spacial score (nSPS) is 16.0. The quantitative estimate of drug-likeness (QED) is 0.593. The summed E-state index contributed by atoms with van der Waals surface area (Å²) in [6, 6.07) is 5.34. The second kappa shape index (κ2) is 6.85. The summed E-state index contributed by atoms with van der Waals surface area (Å²) in [6.07, 6.45) is 0.635. The zero-order valence-electron chi connectivity index (χ0n) is 12.7. The van der Waals surface area contributed by atoms with Gasteiger partial charge in [-0.2, -0.15) is 0 Å². The Morgan fingerprint density at radius 1 is 1.36 bits per heavy atom. The van der Waals surface area contributed by atoms with Crippen molar-refractivity contribution < 1.29 is 14.3 Å². The number of ether oxygens (including phenoxy) is 2. The first-order valence-electron chi connectivity index (χ1n) is 7.59. The molecule has 3 rings (SSSR count). The van der Waals surface area contributed by atoms with Gasteiger partial charge < -0.3 is 14.7 Å². The van der Waals surface area contributed by atoms with Gasteiger partial charge in [0, 0.05) is 31.2 Å². The van der Waals surface area contributed by atoms with Gasteiger partial charge in [-0.1, -0.05) is 6.92 Å². The van der Waals surface area contributed by atoms with Crippen LogP contribution < -0.4 is 9.58 Å². The van der Waals surface area contributed by atoms with Gasteiger partial charge >= 0.3 is 0 Å². The molecule has 7 heteroatoms. The number of morpholine rings is 1. The van der Waals surface area contributed by atoms with Gasteiger partial charge in [-0.3, -0.25) is 4.90 Å². The van der Waals surface area contributed by atoms with Crippen LogP contribution >= 0.6 is 0 Å². The van der Waals surface area contributed by atoms with E-state index in [4.69, 9.17) is 9.47 Å². The zero-order valence-corrected chi connectivity index (χ0v) is 12.7. The molecule has 22 heavy (non-hydrogen) atoms. The molecule has 0 saturated carbocycles. The fourth-order valence-electron chi connectivity index (χ4n) is 2.43. The van der Waals surface area contributed by atoms with Gasteiger partial charge in [0.05, 0.1) is 19.3 Å². The maximum atomic E-state index is 11.9. The number of hydrogen-bond acceptors (Lipinski definition) is 6. The fourth-order valence-corrected chi connectivity index (χ4v) is 2.43. The molecule has 2 heterocycles. The first-order valence-corrected chi connectivity index (χ1v) is 7.59. The molecule has 0 spiro atoms. The van der Waals surface area contributed by atoms with E-state index in [-0.39, 0.29) is 0 Å². The Kier molecular flexibility index (Phi) is 4.65. The molecule has 0 amide bonds. The van der Waals surface area contributed by atoms with E-state index in [0.29, 0.717) is 40.5 Å². The lowest BCUT2D eigenvalue weighted by atomic mass is 10.3. The second-order valence-electron chi connectivity index (χ2n) is 5.21. The van der Waals surface area contributed by atoms with Crippen molar-refractivity contribution in [3.8, 4) is 5.75 Å². The summed E-state index contributed by atoms with van der Waals surface area (Å²) in [5.74, 6) is 1.21. The van der Waals surface area contributed by atoms with Crippen molar-refractivity contribution in [3.05, 3.63) is 29.2 Å². The molecular formula is C15H20N4O3. The maximum Gasteiger partial charge on any atom is 0.274 e. The van der Waals surface area contributed by atoms with Crippen molar-refractivity contribution in [2.24, 2.45) is 0 Å². The van der Waals surface area contributed by atoms with E-state index in [2.05, 4.69) is 15.0 Å². The van der Waals surface area contributed by atoms with Crippen LogP contribution in [-0.2, 0) is 11.2 Å². The summed E-state index contributed by atoms with van der Waals surface area (Å²) in [6.45, 7) is 6.80. The first-order chi connectivity index (χ1) is 10.8. The van der Waals surface area contributed by atoms with E-state index in [0.717, 1.165) is 32.8 Å². The highest BCUT2D eigenvalue weighted by atomic mass is 16.5. The van der Waals surface area contributed by atoms with Crippen molar-refractivity contribution >= 4 is 11.0 Å². The van der Waals surface area contributed by atoms with Gasteiger partial charge in [0.2, 0.25) is 0 Å². The zero-order chi connectivity index (χ0) is 15.4. The maximum absolute atomic E-state index is 11.9. The highest BCUT2D eigenvalue weighted by Crippen LogP contribution is 2.16. The molecule has 7 nitrogen and oxygen atoms in total. The lowest BCUT2D eigenvalue weighted by Gasteiger charge is -2.26. The van der Waals surface area contributed by atoms with Gasteiger partial charge in [-0.05, 0) is 17.0 Å². The molecule has 1 aliphatic heterocycles. The molecule has 1 fully saturated rings. The summed E-state index contributed by atoms with van der Waals surface area (Å²) >= 11 is 0. The summed E-state index contributed by atoms with van der Waals surface area (Å²) in [5.41, 5.74) is 1.07. The Hall–Kier alpha value is -1.99. The third-order valence-electron chi connectivity index (χ3n) is 3.70. The SMILES string of the molecule is CCc1nc2ccc(OCCN3CCOCC3)cc2[n+]([O-])n1. The number of nitrogens with zero attached hydrogens (tertiary/aromatic N) is 4. The van der Waals surface area contributed by atoms with E-state index in [1.165, 1.54) is 0 Å². The number of aryl methyl sites for hydroxylation is 1. The molecule has 118 valence electrons. The van der Waals surface area contributed by atoms with Crippen LogP contribution in [0.5, 0.6) is 5.75 Å². The van der Waals surface area contributed by atoms with Gasteiger partial charge in [-0.25, -0.2) is 4.98 Å². The standard InChI is InChI=1S/C15H20N4O3/c1-2-15-16-13-4-3-12(11-14(13)19(20)17-15)22-10-7-18-5-8-21-9-6-18/h3-4,11H,2,5-10H2,1H3. The highest BCUT2D eigenvalue weighted by Gasteiger charge is 2.12. The van der Waals surface area contributed by atoms with Crippen LogP contribution in [0.2, 0.25) is 0 Å². The van der Waals surface area contributed by atoms with Crippen LogP contribution in [0, 0.1) is 5.21 Å². The molecule has 0 atom stereocenters. The lowest BCUT2D eigenvalue weighted by Crippen LogP contribution is -2.38. The van der Waals surface area contributed by atoms with E-state index >= 15 is 0 Å². The Labute approximate surface area is 129 Å². The Balaban J connectivity index is 1.65. The van der Waals surface area contributed by atoms with Crippen LogP contribution in [0.1, 0.15) is 12.7 Å². The molecule has 1 aromatic heterocycles. The van der Waals surface area contributed by atoms with E-state index in [1.807, 2.05) is 13.0 Å². The van der Waals surface area contributed by atoms with Crippen molar-refractivity contribution in [1.82, 2.24) is 15.0 Å². The molecule has 0 bridgehead atoms.